The first kappa shape index (κ1) is 19.4. The third-order valence-corrected chi connectivity index (χ3v) is 10.4. The molecule has 0 amide bonds. The molecule has 4 bridgehead atoms. The van der Waals surface area contributed by atoms with Crippen LogP contribution < -0.4 is 10.1 Å². The minimum absolute atomic E-state index is 0.0160. The summed E-state index contributed by atoms with van der Waals surface area (Å²) in [5.74, 6) is 0.887. The smallest absolute Gasteiger partial charge is 0.165 e. The van der Waals surface area contributed by atoms with Crippen LogP contribution in [-0.2, 0) is 16.6 Å². The van der Waals surface area contributed by atoms with Gasteiger partial charge in [-0.25, -0.2) is 0 Å². The summed E-state index contributed by atoms with van der Waals surface area (Å²) in [6, 6.07) is 4.26. The lowest BCUT2D eigenvalue weighted by atomic mass is 9.33. The Morgan fingerprint density at radius 3 is 2.63 bits per heavy atom. The van der Waals surface area contributed by atoms with Crippen molar-refractivity contribution in [1.82, 2.24) is 5.32 Å². The van der Waals surface area contributed by atoms with Gasteiger partial charge in [0.25, 0.3) is 0 Å². The minimum Gasteiger partial charge on any atom is -0.504 e. The van der Waals surface area contributed by atoms with Crippen molar-refractivity contribution in [2.45, 2.75) is 88.6 Å². The molecule has 5 heteroatoms. The molecule has 6 aliphatic rings. The molecule has 164 valence electrons. The van der Waals surface area contributed by atoms with Crippen LogP contribution in [0.15, 0.2) is 12.1 Å². The van der Waals surface area contributed by atoms with Gasteiger partial charge in [0.1, 0.15) is 11.7 Å². The van der Waals surface area contributed by atoms with Crippen molar-refractivity contribution in [1.29, 1.82) is 0 Å². The molecule has 2 heterocycles. The van der Waals surface area contributed by atoms with Crippen LogP contribution in [0, 0.1) is 16.7 Å². The summed E-state index contributed by atoms with van der Waals surface area (Å²) in [7, 11) is 1.80. The zero-order valence-corrected chi connectivity index (χ0v) is 18.8. The summed E-state index contributed by atoms with van der Waals surface area (Å²) >= 11 is 0. The lowest BCUT2D eigenvalue weighted by molar-refractivity contribution is -0.303. The fourth-order valence-electron chi connectivity index (χ4n) is 8.53. The number of methoxy groups -OCH3 is 1. The third-order valence-electron chi connectivity index (χ3n) is 10.4. The normalized spacial score (nSPS) is 44.9. The topological polar surface area (TPSA) is 71.0 Å². The molecule has 2 spiro atoms. The Morgan fingerprint density at radius 2 is 1.93 bits per heavy atom. The quantitative estimate of drug-likeness (QED) is 0.694. The number of hydrogen-bond donors (Lipinski definition) is 3. The number of rotatable bonds is 2. The highest BCUT2D eigenvalue weighted by atomic mass is 16.6. The molecule has 4 aliphatic carbocycles. The summed E-state index contributed by atoms with van der Waals surface area (Å²) in [6.07, 6.45) is 4.66. The summed E-state index contributed by atoms with van der Waals surface area (Å²) < 4.78 is 13.2. The molecule has 7 unspecified atom stereocenters. The van der Waals surface area contributed by atoms with Gasteiger partial charge in [0.2, 0.25) is 0 Å². The molecule has 7 rings (SSSR count). The van der Waals surface area contributed by atoms with Gasteiger partial charge in [-0.1, -0.05) is 26.8 Å². The highest BCUT2D eigenvalue weighted by Crippen LogP contribution is 2.77. The minimum atomic E-state index is -0.910. The summed E-state index contributed by atoms with van der Waals surface area (Å²) in [6.45, 7) is 9.33. The molecule has 0 radical (unpaired) electrons. The van der Waals surface area contributed by atoms with Gasteiger partial charge >= 0.3 is 0 Å². The molecule has 1 aromatic rings. The number of aliphatic hydroxyl groups is 1. The van der Waals surface area contributed by atoms with Crippen molar-refractivity contribution < 1.29 is 19.7 Å². The predicted molar refractivity (Wildman–Crippen MR) is 114 cm³/mol. The average molecular weight is 414 g/mol. The number of fused-ring (bicyclic) bond motifs is 2. The van der Waals surface area contributed by atoms with Gasteiger partial charge in [0, 0.05) is 35.5 Å². The SMILES string of the molecule is COC12CCC3(CC1C(C)(O)C(C)(C)C)C1Cc4ccc(O)c5c4C3(CCN1)C2O5. The first-order chi connectivity index (χ1) is 14.1. The number of piperidine rings is 1. The van der Waals surface area contributed by atoms with Crippen molar-refractivity contribution in [3.8, 4) is 11.5 Å². The fourth-order valence-corrected chi connectivity index (χ4v) is 8.53. The largest absolute Gasteiger partial charge is 0.504 e. The summed E-state index contributed by atoms with van der Waals surface area (Å²) in [4.78, 5) is 0. The summed E-state index contributed by atoms with van der Waals surface area (Å²) in [5, 5.41) is 26.6. The molecule has 1 saturated heterocycles. The highest BCUT2D eigenvalue weighted by molar-refractivity contribution is 5.63. The second kappa shape index (κ2) is 5.36. The Hall–Kier alpha value is -1.30. The number of ether oxygens (including phenoxy) is 2. The van der Waals surface area contributed by atoms with Gasteiger partial charge < -0.3 is 25.0 Å². The number of nitrogens with one attached hydrogen (secondary N) is 1. The van der Waals surface area contributed by atoms with Crippen LogP contribution in [0.5, 0.6) is 11.5 Å². The molecule has 0 aromatic heterocycles. The average Bonchev–Trinajstić information content (AvgIpc) is 3.05. The Morgan fingerprint density at radius 1 is 1.17 bits per heavy atom. The molecule has 1 aromatic carbocycles. The molecular weight excluding hydrogens is 378 g/mol. The number of hydrogen-bond acceptors (Lipinski definition) is 5. The van der Waals surface area contributed by atoms with E-state index < -0.39 is 11.2 Å². The monoisotopic (exact) mass is 413 g/mol. The molecule has 3 saturated carbocycles. The van der Waals surface area contributed by atoms with Crippen molar-refractivity contribution in [2.24, 2.45) is 16.7 Å². The van der Waals surface area contributed by atoms with Crippen LogP contribution in [0.4, 0.5) is 0 Å². The molecule has 5 nitrogen and oxygen atoms in total. The van der Waals surface area contributed by atoms with E-state index in [2.05, 4.69) is 32.2 Å². The maximum atomic E-state index is 12.0. The predicted octanol–water partition coefficient (Wildman–Crippen LogP) is 3.29. The zero-order chi connectivity index (χ0) is 21.3. The molecule has 4 fully saturated rings. The second-order valence-corrected chi connectivity index (χ2v) is 11.8. The lowest BCUT2D eigenvalue weighted by Crippen LogP contribution is -2.83. The van der Waals surface area contributed by atoms with Gasteiger partial charge in [-0.2, -0.15) is 0 Å². The van der Waals surface area contributed by atoms with Crippen LogP contribution in [0.25, 0.3) is 0 Å². The molecule has 3 N–H and O–H groups in total. The van der Waals surface area contributed by atoms with Crippen LogP contribution >= 0.6 is 0 Å². The van der Waals surface area contributed by atoms with Crippen LogP contribution in [-0.4, -0.2) is 47.2 Å². The zero-order valence-electron chi connectivity index (χ0n) is 18.8. The summed E-state index contributed by atoms with van der Waals surface area (Å²) in [5.41, 5.74) is 0.658. The van der Waals surface area contributed by atoms with Gasteiger partial charge in [-0.05, 0) is 62.6 Å². The molecule has 2 aliphatic heterocycles. The van der Waals surface area contributed by atoms with Crippen molar-refractivity contribution in [2.75, 3.05) is 13.7 Å². The maximum Gasteiger partial charge on any atom is 0.165 e. The number of phenolic OH excluding ortho intramolecular Hbond substituents is 1. The first-order valence-corrected chi connectivity index (χ1v) is 11.6. The standard InChI is InChI=1S/C25H35NO4/c1-21(2,3)22(4,28)16-13-23-8-9-25(16,29-5)20-24(23)10-11-26-17(23)12-14-6-7-15(27)19(30-20)18(14)24/h6-7,16-17,20,26-28H,8-13H2,1-5H3. The van der Waals surface area contributed by atoms with Gasteiger partial charge in [0.15, 0.2) is 11.5 Å². The van der Waals surface area contributed by atoms with E-state index in [0.717, 1.165) is 38.6 Å². The molecule has 7 atom stereocenters. The van der Waals surface area contributed by atoms with Crippen LogP contribution in [0.3, 0.4) is 0 Å². The van der Waals surface area contributed by atoms with Crippen molar-refractivity contribution >= 4 is 0 Å². The van der Waals surface area contributed by atoms with E-state index in [1.54, 1.807) is 13.2 Å². The van der Waals surface area contributed by atoms with Gasteiger partial charge in [-0.15, -0.1) is 0 Å². The second-order valence-electron chi connectivity index (χ2n) is 11.8. The molecular formula is C25H35NO4. The van der Waals surface area contributed by atoms with Gasteiger partial charge in [0.05, 0.1) is 5.60 Å². The number of aromatic hydroxyl groups is 1. The van der Waals surface area contributed by atoms with Crippen molar-refractivity contribution in [3.63, 3.8) is 0 Å². The van der Waals surface area contributed by atoms with Crippen LogP contribution in [0.1, 0.15) is 64.5 Å². The van der Waals surface area contributed by atoms with E-state index in [9.17, 15) is 10.2 Å². The third kappa shape index (κ3) is 1.77. The highest BCUT2D eigenvalue weighted by Gasteiger charge is 2.81. The van der Waals surface area contributed by atoms with E-state index >= 15 is 0 Å². The van der Waals surface area contributed by atoms with E-state index in [-0.39, 0.29) is 34.0 Å². The number of benzene rings is 1. The Bertz CT molecular complexity index is 936. The van der Waals surface area contributed by atoms with E-state index in [1.807, 2.05) is 6.92 Å². The number of phenols is 1. The van der Waals surface area contributed by atoms with Gasteiger partial charge in [-0.3, -0.25) is 0 Å². The molecule has 30 heavy (non-hydrogen) atoms. The first-order valence-electron chi connectivity index (χ1n) is 11.6. The van der Waals surface area contributed by atoms with Crippen molar-refractivity contribution in [3.05, 3.63) is 23.3 Å². The Balaban J connectivity index is 1.65. The van der Waals surface area contributed by atoms with E-state index in [1.165, 1.54) is 11.1 Å². The Kier molecular flexibility index (Phi) is 3.46. The van der Waals surface area contributed by atoms with E-state index in [4.69, 9.17) is 9.47 Å². The maximum absolute atomic E-state index is 12.0. The van der Waals surface area contributed by atoms with Crippen LogP contribution in [0.2, 0.25) is 0 Å². The Labute approximate surface area is 179 Å². The fraction of sp³-hybridized carbons (Fsp3) is 0.760. The van der Waals surface area contributed by atoms with E-state index in [0.29, 0.717) is 11.8 Å². The lowest BCUT2D eigenvalue weighted by Gasteiger charge is -2.74.